The second-order valence-corrected chi connectivity index (χ2v) is 5.57. The van der Waals surface area contributed by atoms with E-state index in [4.69, 9.17) is 16.3 Å². The number of halogens is 2. The molecule has 0 atom stereocenters. The van der Waals surface area contributed by atoms with Gasteiger partial charge in [-0.15, -0.1) is 0 Å². The molecule has 0 aliphatic heterocycles. The molecule has 0 aliphatic rings. The van der Waals surface area contributed by atoms with Crippen LogP contribution in [-0.2, 0) is 11.3 Å². The van der Waals surface area contributed by atoms with Crippen LogP contribution in [0.4, 0.5) is 11.6 Å². The number of ether oxygens (including phenoxy) is 1. The van der Waals surface area contributed by atoms with E-state index in [0.717, 1.165) is 42.3 Å². The van der Waals surface area contributed by atoms with Crippen LogP contribution in [-0.4, -0.2) is 22.8 Å². The average molecular weight is 359 g/mol. The summed E-state index contributed by atoms with van der Waals surface area (Å²) in [5, 5.41) is 3.92. The highest BCUT2D eigenvalue weighted by atomic mass is 79.9. The summed E-state index contributed by atoms with van der Waals surface area (Å²) in [5.74, 6) is 0.779. The van der Waals surface area contributed by atoms with Crippen LogP contribution in [0.2, 0.25) is 5.02 Å². The number of aromatic nitrogens is 2. The van der Waals surface area contributed by atoms with Crippen molar-refractivity contribution >= 4 is 39.2 Å². The van der Waals surface area contributed by atoms with Crippen molar-refractivity contribution in [1.82, 2.24) is 9.55 Å². The van der Waals surface area contributed by atoms with E-state index in [0.29, 0.717) is 5.02 Å². The summed E-state index contributed by atoms with van der Waals surface area (Å²) in [7, 11) is 0. The van der Waals surface area contributed by atoms with Gasteiger partial charge in [-0.05, 0) is 31.5 Å². The number of rotatable bonds is 7. The highest BCUT2D eigenvalue weighted by Crippen LogP contribution is 2.28. The van der Waals surface area contributed by atoms with Gasteiger partial charge in [0.2, 0.25) is 5.95 Å². The maximum absolute atomic E-state index is 6.17. The summed E-state index contributed by atoms with van der Waals surface area (Å²) in [6.07, 6.45) is 4.67. The van der Waals surface area contributed by atoms with E-state index in [1.165, 1.54) is 0 Å². The van der Waals surface area contributed by atoms with Gasteiger partial charge in [0, 0.05) is 36.6 Å². The third kappa shape index (κ3) is 4.23. The van der Waals surface area contributed by atoms with E-state index in [2.05, 4.69) is 30.8 Å². The molecule has 0 bridgehead atoms. The molecule has 1 heterocycles. The van der Waals surface area contributed by atoms with Gasteiger partial charge in [-0.3, -0.25) is 0 Å². The number of hydrogen-bond acceptors (Lipinski definition) is 3. The Morgan fingerprint density at radius 2 is 2.30 bits per heavy atom. The molecule has 2 rings (SSSR count). The lowest BCUT2D eigenvalue weighted by atomic mass is 10.3. The molecule has 1 N–H and O–H groups in total. The maximum atomic E-state index is 6.17. The zero-order valence-electron chi connectivity index (χ0n) is 11.3. The minimum absolute atomic E-state index is 0.664. The van der Waals surface area contributed by atoms with Crippen molar-refractivity contribution in [2.24, 2.45) is 0 Å². The van der Waals surface area contributed by atoms with E-state index in [1.807, 2.05) is 31.3 Å². The molecule has 0 fully saturated rings. The van der Waals surface area contributed by atoms with Crippen LogP contribution in [0.5, 0.6) is 0 Å². The Morgan fingerprint density at radius 3 is 3.10 bits per heavy atom. The Balaban J connectivity index is 2.02. The van der Waals surface area contributed by atoms with Crippen molar-refractivity contribution < 1.29 is 4.74 Å². The van der Waals surface area contributed by atoms with Gasteiger partial charge >= 0.3 is 0 Å². The Bertz CT molecular complexity index is 559. The lowest BCUT2D eigenvalue weighted by molar-refractivity contribution is 0.142. The minimum atomic E-state index is 0.664. The molecule has 1 aromatic heterocycles. The van der Waals surface area contributed by atoms with E-state index < -0.39 is 0 Å². The zero-order valence-corrected chi connectivity index (χ0v) is 13.6. The first-order valence-corrected chi connectivity index (χ1v) is 7.68. The summed E-state index contributed by atoms with van der Waals surface area (Å²) in [5.41, 5.74) is 0.832. The van der Waals surface area contributed by atoms with Gasteiger partial charge in [0.05, 0.1) is 10.7 Å². The smallest absolute Gasteiger partial charge is 0.207 e. The molecule has 1 aromatic carbocycles. The first-order chi connectivity index (χ1) is 9.70. The molecule has 20 heavy (non-hydrogen) atoms. The normalized spacial score (nSPS) is 10.8. The summed E-state index contributed by atoms with van der Waals surface area (Å²) in [4.78, 5) is 4.32. The second-order valence-electron chi connectivity index (χ2n) is 4.24. The number of nitrogens with zero attached hydrogens (tertiary/aromatic N) is 2. The van der Waals surface area contributed by atoms with Gasteiger partial charge < -0.3 is 14.6 Å². The van der Waals surface area contributed by atoms with E-state index in [1.54, 1.807) is 6.20 Å². The van der Waals surface area contributed by atoms with Crippen molar-refractivity contribution in [3.8, 4) is 0 Å². The Hall–Kier alpha value is -1.04. The monoisotopic (exact) mass is 357 g/mol. The van der Waals surface area contributed by atoms with Crippen molar-refractivity contribution in [1.29, 1.82) is 0 Å². The fraction of sp³-hybridized carbons (Fsp3) is 0.357. The molecular weight excluding hydrogens is 342 g/mol. The van der Waals surface area contributed by atoms with Gasteiger partial charge in [0.1, 0.15) is 0 Å². The van der Waals surface area contributed by atoms with Crippen LogP contribution in [0.1, 0.15) is 13.3 Å². The van der Waals surface area contributed by atoms with Gasteiger partial charge in [-0.1, -0.05) is 27.5 Å². The first-order valence-electron chi connectivity index (χ1n) is 6.51. The molecule has 6 heteroatoms. The first kappa shape index (κ1) is 15.4. The third-order valence-corrected chi connectivity index (χ3v) is 3.61. The quantitative estimate of drug-likeness (QED) is 0.742. The third-order valence-electron chi connectivity index (χ3n) is 2.78. The number of benzene rings is 1. The number of nitrogens with one attached hydrogen (secondary N) is 1. The number of hydrogen-bond donors (Lipinski definition) is 1. The lowest BCUT2D eigenvalue weighted by Gasteiger charge is -2.11. The predicted molar refractivity (Wildman–Crippen MR) is 85.8 cm³/mol. The fourth-order valence-electron chi connectivity index (χ4n) is 1.81. The summed E-state index contributed by atoms with van der Waals surface area (Å²) in [6, 6.07) is 5.68. The zero-order chi connectivity index (χ0) is 14.4. The highest BCUT2D eigenvalue weighted by molar-refractivity contribution is 9.10. The molecule has 108 valence electrons. The highest BCUT2D eigenvalue weighted by Gasteiger charge is 2.06. The van der Waals surface area contributed by atoms with Crippen molar-refractivity contribution in [3.63, 3.8) is 0 Å². The molecule has 0 saturated heterocycles. The number of imidazole rings is 1. The summed E-state index contributed by atoms with van der Waals surface area (Å²) in [6.45, 7) is 4.36. The van der Waals surface area contributed by atoms with Crippen LogP contribution in [0.25, 0.3) is 0 Å². The van der Waals surface area contributed by atoms with E-state index in [-0.39, 0.29) is 0 Å². The Labute approximate surface area is 132 Å². The second kappa shape index (κ2) is 7.67. The summed E-state index contributed by atoms with van der Waals surface area (Å²) < 4.78 is 8.37. The molecule has 4 nitrogen and oxygen atoms in total. The predicted octanol–water partition coefficient (Wildman–Crippen LogP) is 4.47. The van der Waals surface area contributed by atoms with Crippen LogP contribution in [0.3, 0.4) is 0 Å². The number of anilines is 2. The van der Waals surface area contributed by atoms with Gasteiger partial charge in [0.25, 0.3) is 0 Å². The fourth-order valence-corrected chi connectivity index (χ4v) is 2.33. The molecule has 0 saturated carbocycles. The molecule has 0 unspecified atom stereocenters. The van der Waals surface area contributed by atoms with Crippen LogP contribution in [0.15, 0.2) is 35.1 Å². The lowest BCUT2D eigenvalue weighted by Crippen LogP contribution is -2.06. The standard InChI is InChI=1S/C14H17BrClN3O/c1-2-20-9-3-7-19-8-6-17-14(19)18-13-10-11(15)4-5-12(13)16/h4-6,8,10H,2-3,7,9H2,1H3,(H,17,18). The molecule has 0 amide bonds. The maximum Gasteiger partial charge on any atom is 0.207 e. The topological polar surface area (TPSA) is 39.1 Å². The Morgan fingerprint density at radius 1 is 1.45 bits per heavy atom. The molecule has 0 aliphatic carbocycles. The largest absolute Gasteiger partial charge is 0.382 e. The molecule has 0 spiro atoms. The van der Waals surface area contributed by atoms with Gasteiger partial charge in [-0.2, -0.15) is 0 Å². The minimum Gasteiger partial charge on any atom is -0.382 e. The van der Waals surface area contributed by atoms with Crippen molar-refractivity contribution in [2.75, 3.05) is 18.5 Å². The van der Waals surface area contributed by atoms with Crippen molar-refractivity contribution in [2.45, 2.75) is 19.9 Å². The summed E-state index contributed by atoms with van der Waals surface area (Å²) >= 11 is 9.61. The molecule has 0 radical (unpaired) electrons. The van der Waals surface area contributed by atoms with Crippen LogP contribution in [0, 0.1) is 0 Å². The molecular formula is C14H17BrClN3O. The van der Waals surface area contributed by atoms with Crippen LogP contribution < -0.4 is 5.32 Å². The van der Waals surface area contributed by atoms with E-state index >= 15 is 0 Å². The van der Waals surface area contributed by atoms with Crippen molar-refractivity contribution in [3.05, 3.63) is 40.1 Å². The number of aryl methyl sites for hydroxylation is 1. The van der Waals surface area contributed by atoms with E-state index in [9.17, 15) is 0 Å². The molecule has 2 aromatic rings. The SMILES string of the molecule is CCOCCCn1ccnc1Nc1cc(Br)ccc1Cl. The average Bonchev–Trinajstić information content (AvgIpc) is 2.86. The van der Waals surface area contributed by atoms with Crippen LogP contribution >= 0.6 is 27.5 Å². The Kier molecular flexibility index (Phi) is 5.88. The van der Waals surface area contributed by atoms with Gasteiger partial charge in [0.15, 0.2) is 0 Å². The van der Waals surface area contributed by atoms with Gasteiger partial charge in [-0.25, -0.2) is 4.98 Å².